The lowest BCUT2D eigenvalue weighted by molar-refractivity contribution is 0.171. The molecule has 0 spiro atoms. The van der Waals surface area contributed by atoms with Gasteiger partial charge >= 0.3 is 0 Å². The Bertz CT molecular complexity index is 611. The minimum Gasteiger partial charge on any atom is -0.486 e. The zero-order valence-electron chi connectivity index (χ0n) is 10.8. The Hall–Kier alpha value is -2.36. The van der Waals surface area contributed by atoms with Crippen LogP contribution in [0.1, 0.15) is 5.56 Å². The summed E-state index contributed by atoms with van der Waals surface area (Å²) in [7, 11) is 0. The number of nitrogens with one attached hydrogen (secondary N) is 1. The van der Waals surface area contributed by atoms with Crippen LogP contribution in [0.15, 0.2) is 36.4 Å². The number of fused-ring (bicyclic) bond motifs is 1. The van der Waals surface area contributed by atoms with Gasteiger partial charge in [-0.25, -0.2) is 0 Å². The quantitative estimate of drug-likeness (QED) is 0.811. The molecule has 3 N–H and O–H groups in total. The highest BCUT2D eigenvalue weighted by Crippen LogP contribution is 2.34. The first-order chi connectivity index (χ1) is 9.22. The Morgan fingerprint density at radius 2 is 1.79 bits per heavy atom. The van der Waals surface area contributed by atoms with Crippen LogP contribution in [0.25, 0.3) is 0 Å². The van der Waals surface area contributed by atoms with Crippen LogP contribution >= 0.6 is 0 Å². The number of anilines is 3. The van der Waals surface area contributed by atoms with Gasteiger partial charge in [0.1, 0.15) is 13.2 Å². The third kappa shape index (κ3) is 2.42. The van der Waals surface area contributed by atoms with Crippen molar-refractivity contribution in [3.05, 3.63) is 42.0 Å². The number of benzene rings is 2. The van der Waals surface area contributed by atoms with Gasteiger partial charge in [0.15, 0.2) is 11.5 Å². The molecule has 0 atom stereocenters. The van der Waals surface area contributed by atoms with E-state index in [0.717, 1.165) is 34.1 Å². The molecule has 0 radical (unpaired) electrons. The third-order valence-electron chi connectivity index (χ3n) is 3.03. The lowest BCUT2D eigenvalue weighted by Gasteiger charge is -2.19. The molecule has 1 aliphatic rings. The molecule has 0 fully saturated rings. The van der Waals surface area contributed by atoms with E-state index in [-0.39, 0.29) is 0 Å². The summed E-state index contributed by atoms with van der Waals surface area (Å²) in [5.41, 5.74) is 9.69. The lowest BCUT2D eigenvalue weighted by Crippen LogP contribution is -2.15. The van der Waals surface area contributed by atoms with Crippen molar-refractivity contribution in [3.63, 3.8) is 0 Å². The van der Waals surface area contributed by atoms with Crippen LogP contribution in [0.4, 0.5) is 17.1 Å². The first-order valence-corrected chi connectivity index (χ1v) is 6.25. The zero-order valence-corrected chi connectivity index (χ0v) is 10.8. The monoisotopic (exact) mass is 256 g/mol. The fourth-order valence-corrected chi connectivity index (χ4v) is 2.07. The van der Waals surface area contributed by atoms with E-state index >= 15 is 0 Å². The van der Waals surface area contributed by atoms with E-state index in [9.17, 15) is 0 Å². The maximum Gasteiger partial charge on any atom is 0.163 e. The second kappa shape index (κ2) is 4.72. The van der Waals surface area contributed by atoms with Gasteiger partial charge < -0.3 is 20.5 Å². The molecule has 2 aromatic rings. The fourth-order valence-electron chi connectivity index (χ4n) is 2.07. The van der Waals surface area contributed by atoms with E-state index < -0.39 is 0 Å². The van der Waals surface area contributed by atoms with E-state index in [1.807, 2.05) is 43.3 Å². The van der Waals surface area contributed by atoms with Gasteiger partial charge in [-0.3, -0.25) is 0 Å². The molecule has 19 heavy (non-hydrogen) atoms. The minimum atomic E-state index is 0.586. The van der Waals surface area contributed by atoms with E-state index in [0.29, 0.717) is 13.2 Å². The lowest BCUT2D eigenvalue weighted by atomic mass is 10.2. The second-order valence-corrected chi connectivity index (χ2v) is 4.57. The summed E-state index contributed by atoms with van der Waals surface area (Å²) in [4.78, 5) is 0. The van der Waals surface area contributed by atoms with Gasteiger partial charge in [-0.15, -0.1) is 0 Å². The summed E-state index contributed by atoms with van der Waals surface area (Å²) >= 11 is 0. The number of ether oxygens (including phenoxy) is 2. The predicted molar refractivity (Wildman–Crippen MR) is 76.3 cm³/mol. The normalized spacial score (nSPS) is 13.1. The van der Waals surface area contributed by atoms with E-state index in [2.05, 4.69) is 5.32 Å². The summed E-state index contributed by atoms with van der Waals surface area (Å²) < 4.78 is 11.0. The molecule has 4 heteroatoms. The molecule has 0 aliphatic carbocycles. The Morgan fingerprint density at radius 1 is 1.00 bits per heavy atom. The molecule has 0 amide bonds. The highest BCUT2D eigenvalue weighted by molar-refractivity contribution is 5.74. The van der Waals surface area contributed by atoms with Crippen molar-refractivity contribution < 1.29 is 9.47 Å². The molecule has 1 aliphatic heterocycles. The highest BCUT2D eigenvalue weighted by atomic mass is 16.6. The van der Waals surface area contributed by atoms with Crippen molar-refractivity contribution >= 4 is 17.1 Å². The van der Waals surface area contributed by atoms with Crippen LogP contribution in [-0.4, -0.2) is 13.2 Å². The molecule has 98 valence electrons. The fraction of sp³-hybridized carbons (Fsp3) is 0.200. The van der Waals surface area contributed by atoms with Crippen molar-refractivity contribution in [1.29, 1.82) is 0 Å². The predicted octanol–water partition coefficient (Wildman–Crippen LogP) is 3.09. The number of nitrogen functional groups attached to an aromatic ring is 1. The molecule has 2 aromatic carbocycles. The van der Waals surface area contributed by atoms with Crippen LogP contribution < -0.4 is 20.5 Å². The summed E-state index contributed by atoms with van der Waals surface area (Å²) in [6.07, 6.45) is 0. The van der Waals surface area contributed by atoms with E-state index in [4.69, 9.17) is 15.2 Å². The van der Waals surface area contributed by atoms with Gasteiger partial charge in [-0.2, -0.15) is 0 Å². The molecule has 0 saturated heterocycles. The van der Waals surface area contributed by atoms with Crippen molar-refractivity contribution in [1.82, 2.24) is 0 Å². The molecular formula is C15H16N2O2. The summed E-state index contributed by atoms with van der Waals surface area (Å²) in [6.45, 7) is 3.21. The van der Waals surface area contributed by atoms with Crippen LogP contribution in [-0.2, 0) is 0 Å². The molecule has 0 saturated carbocycles. The molecule has 4 nitrogen and oxygen atoms in total. The number of rotatable bonds is 2. The summed E-state index contributed by atoms with van der Waals surface area (Å²) in [5.74, 6) is 1.55. The zero-order chi connectivity index (χ0) is 13.2. The maximum atomic E-state index is 5.99. The highest BCUT2D eigenvalue weighted by Gasteiger charge is 2.12. The van der Waals surface area contributed by atoms with Crippen LogP contribution in [0, 0.1) is 6.92 Å². The largest absolute Gasteiger partial charge is 0.486 e. The topological polar surface area (TPSA) is 56.5 Å². The molecule has 3 rings (SSSR count). The number of nitrogens with two attached hydrogens (primary N) is 1. The van der Waals surface area contributed by atoms with Gasteiger partial charge in [0.05, 0.1) is 11.4 Å². The molecule has 0 aromatic heterocycles. The van der Waals surface area contributed by atoms with Crippen molar-refractivity contribution in [2.75, 3.05) is 24.3 Å². The van der Waals surface area contributed by atoms with Gasteiger partial charge in [0.2, 0.25) is 0 Å². The Labute approximate surface area is 112 Å². The van der Waals surface area contributed by atoms with Gasteiger partial charge in [-0.05, 0) is 36.8 Å². The molecule has 1 heterocycles. The standard InChI is InChI=1S/C15H16N2O2/c1-10-2-4-13(12(16)8-10)17-11-3-5-14-15(9-11)19-7-6-18-14/h2-5,8-9,17H,6-7,16H2,1H3. The Balaban J connectivity index is 1.87. The van der Waals surface area contributed by atoms with E-state index in [1.54, 1.807) is 0 Å². The smallest absolute Gasteiger partial charge is 0.163 e. The van der Waals surface area contributed by atoms with Crippen molar-refractivity contribution in [3.8, 4) is 11.5 Å². The summed E-state index contributed by atoms with van der Waals surface area (Å²) in [6, 6.07) is 11.7. The second-order valence-electron chi connectivity index (χ2n) is 4.57. The van der Waals surface area contributed by atoms with Crippen LogP contribution in [0.2, 0.25) is 0 Å². The number of hydrogen-bond acceptors (Lipinski definition) is 4. The Kier molecular flexibility index (Phi) is 2.91. The van der Waals surface area contributed by atoms with Gasteiger partial charge in [0.25, 0.3) is 0 Å². The average Bonchev–Trinajstić information content (AvgIpc) is 2.42. The number of aryl methyl sites for hydroxylation is 1. The average molecular weight is 256 g/mol. The van der Waals surface area contributed by atoms with Crippen molar-refractivity contribution in [2.45, 2.75) is 6.92 Å². The van der Waals surface area contributed by atoms with Crippen molar-refractivity contribution in [2.24, 2.45) is 0 Å². The Morgan fingerprint density at radius 3 is 2.58 bits per heavy atom. The molecule has 0 bridgehead atoms. The number of hydrogen-bond donors (Lipinski definition) is 2. The molecular weight excluding hydrogens is 240 g/mol. The maximum absolute atomic E-state index is 5.99. The third-order valence-corrected chi connectivity index (χ3v) is 3.03. The van der Waals surface area contributed by atoms with Crippen LogP contribution in [0.3, 0.4) is 0 Å². The molecule has 0 unspecified atom stereocenters. The van der Waals surface area contributed by atoms with Crippen LogP contribution in [0.5, 0.6) is 11.5 Å². The first-order valence-electron chi connectivity index (χ1n) is 6.25. The van der Waals surface area contributed by atoms with Gasteiger partial charge in [0, 0.05) is 11.8 Å². The van der Waals surface area contributed by atoms with E-state index in [1.165, 1.54) is 0 Å². The summed E-state index contributed by atoms with van der Waals surface area (Å²) in [5, 5.41) is 3.29. The van der Waals surface area contributed by atoms with Gasteiger partial charge in [-0.1, -0.05) is 6.07 Å². The minimum absolute atomic E-state index is 0.586. The first kappa shape index (κ1) is 11.7. The SMILES string of the molecule is Cc1ccc(Nc2ccc3c(c2)OCCO3)c(N)c1.